The van der Waals surface area contributed by atoms with Gasteiger partial charge in [0.05, 0.1) is 16.8 Å². The second-order valence-corrected chi connectivity index (χ2v) is 7.95. The number of nitrogens with one attached hydrogen (secondary N) is 1. The van der Waals surface area contributed by atoms with Gasteiger partial charge < -0.3 is 5.32 Å². The van der Waals surface area contributed by atoms with E-state index >= 15 is 0 Å². The molecule has 1 N–H and O–H groups in total. The molecule has 0 radical (unpaired) electrons. The van der Waals surface area contributed by atoms with E-state index in [0.717, 1.165) is 4.47 Å². The summed E-state index contributed by atoms with van der Waals surface area (Å²) in [7, 11) is 0. The highest BCUT2D eigenvalue weighted by molar-refractivity contribution is 9.10. The van der Waals surface area contributed by atoms with Crippen LogP contribution < -0.4 is 10.9 Å². The van der Waals surface area contributed by atoms with E-state index in [-0.39, 0.29) is 17.2 Å². The van der Waals surface area contributed by atoms with Crippen molar-refractivity contribution >= 4 is 50.3 Å². The molecular formula is C21H15BrN4O2S. The maximum absolute atomic E-state index is 13.1. The first-order valence-electron chi connectivity index (χ1n) is 8.73. The molecule has 0 spiro atoms. The summed E-state index contributed by atoms with van der Waals surface area (Å²) >= 11 is 4.56. The molecule has 2 heterocycles. The Morgan fingerprint density at radius 1 is 1.03 bits per heavy atom. The third kappa shape index (κ3) is 4.38. The highest BCUT2D eigenvalue weighted by Crippen LogP contribution is 2.21. The summed E-state index contributed by atoms with van der Waals surface area (Å²) in [6.07, 6.45) is 1.59. The number of anilines is 1. The summed E-state index contributed by atoms with van der Waals surface area (Å²) in [5.41, 5.74) is 1.53. The van der Waals surface area contributed by atoms with Crippen LogP contribution in [0.3, 0.4) is 0 Å². The predicted molar refractivity (Wildman–Crippen MR) is 119 cm³/mol. The van der Waals surface area contributed by atoms with E-state index in [1.807, 2.05) is 54.6 Å². The van der Waals surface area contributed by atoms with E-state index in [1.54, 1.807) is 18.3 Å². The average molecular weight is 467 g/mol. The molecular weight excluding hydrogens is 452 g/mol. The second-order valence-electron chi connectivity index (χ2n) is 6.09. The van der Waals surface area contributed by atoms with Crippen LogP contribution in [0.15, 0.2) is 87.4 Å². The Labute approximate surface area is 179 Å². The third-order valence-electron chi connectivity index (χ3n) is 4.09. The van der Waals surface area contributed by atoms with Crippen molar-refractivity contribution in [2.24, 2.45) is 0 Å². The molecule has 0 aliphatic rings. The number of pyridine rings is 1. The van der Waals surface area contributed by atoms with Gasteiger partial charge in [-0.15, -0.1) is 0 Å². The molecule has 0 bridgehead atoms. The minimum absolute atomic E-state index is 0.105. The number of halogens is 1. The van der Waals surface area contributed by atoms with Gasteiger partial charge in [-0.3, -0.25) is 14.2 Å². The minimum Gasteiger partial charge on any atom is -0.325 e. The number of carbonyl (C=O) groups excluding carboxylic acids is 1. The number of para-hydroxylation sites is 1. The first-order chi connectivity index (χ1) is 14.1. The summed E-state index contributed by atoms with van der Waals surface area (Å²) in [6.45, 7) is 0. The van der Waals surface area contributed by atoms with Crippen LogP contribution in [-0.2, 0) is 4.79 Å². The van der Waals surface area contributed by atoms with E-state index in [4.69, 9.17) is 0 Å². The number of carbonyl (C=O) groups is 1. The maximum atomic E-state index is 13.1. The van der Waals surface area contributed by atoms with Crippen molar-refractivity contribution in [1.82, 2.24) is 14.5 Å². The molecule has 4 rings (SSSR count). The molecule has 1 amide bonds. The molecule has 2 aromatic carbocycles. The van der Waals surface area contributed by atoms with Gasteiger partial charge >= 0.3 is 0 Å². The Balaban J connectivity index is 1.64. The van der Waals surface area contributed by atoms with Crippen molar-refractivity contribution in [3.05, 3.63) is 87.8 Å². The first kappa shape index (κ1) is 19.4. The van der Waals surface area contributed by atoms with Crippen molar-refractivity contribution in [2.45, 2.75) is 5.16 Å². The fourth-order valence-corrected chi connectivity index (χ4v) is 3.83. The summed E-state index contributed by atoms with van der Waals surface area (Å²) in [6, 6.07) is 20.0. The van der Waals surface area contributed by atoms with Crippen molar-refractivity contribution < 1.29 is 4.79 Å². The topological polar surface area (TPSA) is 76.9 Å². The van der Waals surface area contributed by atoms with Crippen molar-refractivity contribution in [3.8, 4) is 5.69 Å². The Kier molecular flexibility index (Phi) is 5.73. The average Bonchev–Trinajstić information content (AvgIpc) is 2.75. The van der Waals surface area contributed by atoms with Crippen LogP contribution in [0, 0.1) is 0 Å². The molecule has 0 saturated heterocycles. The highest BCUT2D eigenvalue weighted by atomic mass is 79.9. The van der Waals surface area contributed by atoms with Gasteiger partial charge in [-0.25, -0.2) is 9.97 Å². The first-order valence-corrected chi connectivity index (χ1v) is 10.5. The van der Waals surface area contributed by atoms with Crippen LogP contribution in [0.2, 0.25) is 0 Å². The van der Waals surface area contributed by atoms with Crippen LogP contribution in [0.25, 0.3) is 16.7 Å². The number of benzene rings is 2. The Morgan fingerprint density at radius 2 is 1.79 bits per heavy atom. The number of fused-ring (bicyclic) bond motifs is 1. The fourth-order valence-electron chi connectivity index (χ4n) is 2.76. The lowest BCUT2D eigenvalue weighted by Gasteiger charge is -2.12. The van der Waals surface area contributed by atoms with Gasteiger partial charge in [0.1, 0.15) is 0 Å². The third-order valence-corrected chi connectivity index (χ3v) is 5.55. The Hall–Kier alpha value is -2.97. The summed E-state index contributed by atoms with van der Waals surface area (Å²) in [4.78, 5) is 34.2. The number of nitrogens with zero attached hydrogens (tertiary/aromatic N) is 3. The van der Waals surface area contributed by atoms with E-state index < -0.39 is 0 Å². The van der Waals surface area contributed by atoms with Crippen LogP contribution in [0.1, 0.15) is 0 Å². The largest absolute Gasteiger partial charge is 0.325 e. The Bertz CT molecular complexity index is 1230. The van der Waals surface area contributed by atoms with Gasteiger partial charge in [0.15, 0.2) is 10.8 Å². The number of thioether (sulfide) groups is 1. The molecule has 144 valence electrons. The number of amides is 1. The van der Waals surface area contributed by atoms with Crippen LogP contribution in [0.5, 0.6) is 0 Å². The van der Waals surface area contributed by atoms with E-state index in [1.165, 1.54) is 16.3 Å². The van der Waals surface area contributed by atoms with Crippen molar-refractivity contribution in [1.29, 1.82) is 0 Å². The van der Waals surface area contributed by atoms with E-state index in [2.05, 4.69) is 31.2 Å². The number of aromatic nitrogens is 3. The van der Waals surface area contributed by atoms with Crippen LogP contribution >= 0.6 is 27.7 Å². The lowest BCUT2D eigenvalue weighted by atomic mass is 10.3. The molecule has 0 fully saturated rings. The van der Waals surface area contributed by atoms with Gasteiger partial charge in [0, 0.05) is 16.4 Å². The van der Waals surface area contributed by atoms with Gasteiger partial charge in [0.2, 0.25) is 5.91 Å². The summed E-state index contributed by atoms with van der Waals surface area (Å²) in [5.74, 6) is -0.0828. The zero-order valence-electron chi connectivity index (χ0n) is 15.1. The zero-order valence-corrected chi connectivity index (χ0v) is 17.5. The summed E-state index contributed by atoms with van der Waals surface area (Å²) in [5, 5.41) is 3.68. The molecule has 8 heteroatoms. The van der Waals surface area contributed by atoms with Gasteiger partial charge in [-0.2, -0.15) is 0 Å². The monoisotopic (exact) mass is 466 g/mol. The van der Waals surface area contributed by atoms with Crippen LogP contribution in [0.4, 0.5) is 5.69 Å². The number of hydrogen-bond donors (Lipinski definition) is 1. The zero-order chi connectivity index (χ0) is 20.2. The lowest BCUT2D eigenvalue weighted by Crippen LogP contribution is -2.23. The molecule has 29 heavy (non-hydrogen) atoms. The van der Waals surface area contributed by atoms with Crippen molar-refractivity contribution in [2.75, 3.05) is 11.1 Å². The number of rotatable bonds is 5. The summed E-state index contributed by atoms with van der Waals surface area (Å²) < 4.78 is 2.45. The molecule has 0 aliphatic carbocycles. The van der Waals surface area contributed by atoms with Crippen LogP contribution in [-0.4, -0.2) is 26.2 Å². The molecule has 0 unspecified atom stereocenters. The molecule has 6 nitrogen and oxygen atoms in total. The normalized spacial score (nSPS) is 10.8. The predicted octanol–water partition coefficient (Wildman–Crippen LogP) is 4.27. The molecule has 0 aliphatic heterocycles. The van der Waals surface area contributed by atoms with Gasteiger partial charge in [-0.1, -0.05) is 45.9 Å². The van der Waals surface area contributed by atoms with E-state index in [0.29, 0.717) is 27.6 Å². The SMILES string of the molecule is O=C(CSc1nc2ncccc2c(=O)n1-c1ccccc1)Nc1ccc(Br)cc1. The lowest BCUT2D eigenvalue weighted by molar-refractivity contribution is -0.113. The molecule has 0 atom stereocenters. The molecule has 0 saturated carbocycles. The van der Waals surface area contributed by atoms with E-state index in [9.17, 15) is 9.59 Å². The number of hydrogen-bond acceptors (Lipinski definition) is 5. The fraction of sp³-hybridized carbons (Fsp3) is 0.0476. The molecule has 2 aromatic heterocycles. The Morgan fingerprint density at radius 3 is 2.55 bits per heavy atom. The van der Waals surface area contributed by atoms with Gasteiger partial charge in [-0.05, 0) is 48.5 Å². The molecule has 4 aromatic rings. The van der Waals surface area contributed by atoms with Crippen molar-refractivity contribution in [3.63, 3.8) is 0 Å². The minimum atomic E-state index is -0.217. The van der Waals surface area contributed by atoms with Gasteiger partial charge in [0.25, 0.3) is 5.56 Å². The quantitative estimate of drug-likeness (QED) is 0.351. The standard InChI is InChI=1S/C21H15BrN4O2S/c22-14-8-10-15(11-9-14)24-18(27)13-29-21-25-19-17(7-4-12-23-19)20(28)26(21)16-5-2-1-3-6-16/h1-12H,13H2,(H,24,27). The second kappa shape index (κ2) is 8.59. The highest BCUT2D eigenvalue weighted by Gasteiger charge is 2.15. The smallest absolute Gasteiger partial charge is 0.268 e. The maximum Gasteiger partial charge on any atom is 0.268 e.